The molecule has 0 radical (unpaired) electrons. The summed E-state index contributed by atoms with van der Waals surface area (Å²) >= 11 is 12.3. The highest BCUT2D eigenvalue weighted by atomic mass is 35.5. The lowest BCUT2D eigenvalue weighted by Gasteiger charge is -2.35. The average molecular weight is 452 g/mol. The SMILES string of the molecule is CCCC(=O)O[C@@H]1[C@@H]2OP(=O)([O-])OC[C@H]2O[C@H]1n1c(Cl)nc2c(Cl)ncnc21. The Bertz CT molecular complexity index is 973. The van der Waals surface area contributed by atoms with E-state index in [4.69, 9.17) is 41.7 Å². The minimum absolute atomic E-state index is 0.0520. The molecule has 2 fully saturated rings. The molecule has 2 aromatic heterocycles. The molecule has 0 bridgehead atoms. The molecule has 28 heavy (non-hydrogen) atoms. The van der Waals surface area contributed by atoms with Crippen LogP contribution in [0.4, 0.5) is 0 Å². The maximum Gasteiger partial charge on any atom is 0.306 e. The second-order valence-corrected chi connectivity index (χ2v) is 8.23. The van der Waals surface area contributed by atoms with E-state index in [0.717, 1.165) is 0 Å². The highest BCUT2D eigenvalue weighted by molar-refractivity contribution is 7.45. The van der Waals surface area contributed by atoms with Crippen molar-refractivity contribution < 1.29 is 32.8 Å². The lowest BCUT2D eigenvalue weighted by atomic mass is 10.1. The number of aromatic nitrogens is 4. The lowest BCUT2D eigenvalue weighted by Crippen LogP contribution is -2.43. The third-order valence-electron chi connectivity index (χ3n) is 4.30. The van der Waals surface area contributed by atoms with Gasteiger partial charge >= 0.3 is 5.97 Å². The highest BCUT2D eigenvalue weighted by Gasteiger charge is 2.53. The number of imidazole rings is 1. The molecule has 2 saturated heterocycles. The van der Waals surface area contributed by atoms with Crippen molar-refractivity contribution in [3.8, 4) is 0 Å². The first kappa shape index (κ1) is 20.0. The van der Waals surface area contributed by atoms with Gasteiger partial charge in [-0.05, 0) is 18.0 Å². The van der Waals surface area contributed by atoms with Crippen molar-refractivity contribution in [1.82, 2.24) is 19.5 Å². The first-order valence-electron chi connectivity index (χ1n) is 8.33. The van der Waals surface area contributed by atoms with E-state index in [1.54, 1.807) is 0 Å². The predicted octanol–water partition coefficient (Wildman–Crippen LogP) is 1.63. The van der Waals surface area contributed by atoms with E-state index in [2.05, 4.69) is 15.0 Å². The van der Waals surface area contributed by atoms with Crippen LogP contribution in [0.2, 0.25) is 10.4 Å². The number of phosphoric ester groups is 1. The van der Waals surface area contributed by atoms with E-state index in [1.165, 1.54) is 10.9 Å². The van der Waals surface area contributed by atoms with Crippen LogP contribution in [-0.4, -0.2) is 50.4 Å². The van der Waals surface area contributed by atoms with Gasteiger partial charge in [0, 0.05) is 6.42 Å². The molecular weight excluding hydrogens is 438 g/mol. The molecule has 0 saturated carbocycles. The van der Waals surface area contributed by atoms with Gasteiger partial charge in [0.25, 0.3) is 7.82 Å². The van der Waals surface area contributed by atoms with Crippen molar-refractivity contribution in [3.05, 3.63) is 16.8 Å². The van der Waals surface area contributed by atoms with E-state index in [0.29, 0.717) is 6.42 Å². The van der Waals surface area contributed by atoms with Crippen LogP contribution in [0.1, 0.15) is 26.0 Å². The molecule has 0 aliphatic carbocycles. The molecule has 2 aliphatic rings. The van der Waals surface area contributed by atoms with Gasteiger partial charge in [-0.2, -0.15) is 0 Å². The third-order valence-corrected chi connectivity index (χ3v) is 5.81. The van der Waals surface area contributed by atoms with Crippen molar-refractivity contribution >= 4 is 48.2 Å². The summed E-state index contributed by atoms with van der Waals surface area (Å²) in [4.78, 5) is 36.0. The van der Waals surface area contributed by atoms with E-state index >= 15 is 0 Å². The number of hydrogen-bond donors (Lipinski definition) is 0. The number of carbonyl (C=O) groups excluding carboxylic acids is 1. The zero-order valence-electron chi connectivity index (χ0n) is 14.4. The van der Waals surface area contributed by atoms with Crippen LogP contribution < -0.4 is 4.89 Å². The molecular formula is C14H14Cl2N4O7P-. The number of esters is 1. The summed E-state index contributed by atoms with van der Waals surface area (Å²) in [6, 6.07) is 0. The maximum absolute atomic E-state index is 12.1. The fourth-order valence-corrected chi connectivity index (χ4v) is 4.52. The molecule has 14 heteroatoms. The first-order valence-corrected chi connectivity index (χ1v) is 10.5. The van der Waals surface area contributed by atoms with Crippen LogP contribution >= 0.6 is 31.0 Å². The second kappa shape index (κ2) is 7.49. The molecule has 2 aliphatic heterocycles. The number of rotatable bonds is 4. The number of nitrogens with zero attached hydrogens (tertiary/aromatic N) is 4. The molecule has 0 N–H and O–H groups in total. The van der Waals surface area contributed by atoms with Gasteiger partial charge in [0.2, 0.25) is 5.28 Å². The molecule has 4 rings (SSSR count). The van der Waals surface area contributed by atoms with Gasteiger partial charge in [0.1, 0.15) is 24.1 Å². The Labute approximate surface area is 168 Å². The van der Waals surface area contributed by atoms with Gasteiger partial charge in [-0.15, -0.1) is 0 Å². The highest BCUT2D eigenvalue weighted by Crippen LogP contribution is 2.51. The predicted molar refractivity (Wildman–Crippen MR) is 92.5 cm³/mol. The number of halogens is 2. The van der Waals surface area contributed by atoms with Gasteiger partial charge in [-0.3, -0.25) is 13.9 Å². The fraction of sp³-hybridized carbons (Fsp3) is 0.571. The molecule has 5 atom stereocenters. The summed E-state index contributed by atoms with van der Waals surface area (Å²) < 4.78 is 34.2. The smallest absolute Gasteiger partial charge is 0.306 e. The standard InChI is InChI=1S/C14H15Cl2N4O7P/c1-2-3-7(21)26-10-9-6(4-24-28(22,23)27-9)25-13(10)20-12-8(19-14(20)16)11(15)17-5-18-12/h5-6,9-10,13H,2-4H2,1H3,(H,22,23)/p-1/t6-,9-,10-,13-/m1/s1. The van der Waals surface area contributed by atoms with Gasteiger partial charge in [-0.1, -0.05) is 18.5 Å². The lowest BCUT2D eigenvalue weighted by molar-refractivity contribution is -0.246. The van der Waals surface area contributed by atoms with E-state index in [-0.39, 0.29) is 34.6 Å². The number of phosphoric acid groups is 1. The van der Waals surface area contributed by atoms with Crippen molar-refractivity contribution in [3.63, 3.8) is 0 Å². The third kappa shape index (κ3) is 3.52. The number of fused-ring (bicyclic) bond motifs is 2. The summed E-state index contributed by atoms with van der Waals surface area (Å²) in [6.07, 6.45) is -2.20. The molecule has 152 valence electrons. The average Bonchev–Trinajstić information content (AvgIpc) is 3.12. The maximum atomic E-state index is 12.1. The summed E-state index contributed by atoms with van der Waals surface area (Å²) in [6.45, 7) is 1.52. The van der Waals surface area contributed by atoms with Crippen LogP contribution in [0.15, 0.2) is 6.33 Å². The monoisotopic (exact) mass is 451 g/mol. The summed E-state index contributed by atoms with van der Waals surface area (Å²) in [5.41, 5.74) is 0.453. The number of carbonyl (C=O) groups is 1. The number of ether oxygens (including phenoxy) is 2. The van der Waals surface area contributed by atoms with Crippen LogP contribution in [-0.2, 0) is 27.9 Å². The Morgan fingerprint density at radius 1 is 1.46 bits per heavy atom. The quantitative estimate of drug-likeness (QED) is 0.291. The van der Waals surface area contributed by atoms with Crippen molar-refractivity contribution in [2.45, 2.75) is 44.3 Å². The Morgan fingerprint density at radius 2 is 2.25 bits per heavy atom. The molecule has 11 nitrogen and oxygen atoms in total. The molecule has 0 spiro atoms. The van der Waals surface area contributed by atoms with Crippen LogP contribution in [0, 0.1) is 0 Å². The Kier molecular flexibility index (Phi) is 5.34. The Balaban J connectivity index is 1.76. The van der Waals surface area contributed by atoms with E-state index in [9.17, 15) is 14.3 Å². The van der Waals surface area contributed by atoms with E-state index < -0.39 is 38.3 Å². The summed E-state index contributed by atoms with van der Waals surface area (Å²) in [5.74, 6) is -0.536. The zero-order valence-corrected chi connectivity index (χ0v) is 16.8. The minimum Gasteiger partial charge on any atom is -0.756 e. The van der Waals surface area contributed by atoms with Gasteiger partial charge in [0.05, 0.1) is 6.61 Å². The molecule has 0 amide bonds. The second-order valence-electron chi connectivity index (χ2n) is 6.17. The number of hydrogen-bond acceptors (Lipinski definition) is 10. The van der Waals surface area contributed by atoms with Crippen molar-refractivity contribution in [2.75, 3.05) is 6.61 Å². The van der Waals surface area contributed by atoms with Crippen LogP contribution in [0.3, 0.4) is 0 Å². The van der Waals surface area contributed by atoms with Crippen LogP contribution in [0.5, 0.6) is 0 Å². The largest absolute Gasteiger partial charge is 0.756 e. The minimum atomic E-state index is -4.55. The summed E-state index contributed by atoms with van der Waals surface area (Å²) in [7, 11) is -4.55. The van der Waals surface area contributed by atoms with Gasteiger partial charge in [-0.25, -0.2) is 15.0 Å². The van der Waals surface area contributed by atoms with Gasteiger partial charge < -0.3 is 23.4 Å². The first-order chi connectivity index (χ1) is 13.3. The van der Waals surface area contributed by atoms with E-state index in [1.807, 2.05) is 6.92 Å². The normalized spacial score (nSPS) is 32.4. The Hall–Kier alpha value is -1.33. The Morgan fingerprint density at radius 3 is 3.00 bits per heavy atom. The molecule has 2 aromatic rings. The fourth-order valence-electron chi connectivity index (χ4n) is 3.14. The zero-order chi connectivity index (χ0) is 20.1. The summed E-state index contributed by atoms with van der Waals surface area (Å²) in [5, 5.41) is 0.0213. The van der Waals surface area contributed by atoms with Crippen LogP contribution in [0.25, 0.3) is 11.2 Å². The molecule has 0 aromatic carbocycles. The molecule has 1 unspecified atom stereocenters. The topological polar surface area (TPSA) is 138 Å². The van der Waals surface area contributed by atoms with Crippen molar-refractivity contribution in [2.24, 2.45) is 0 Å². The van der Waals surface area contributed by atoms with Gasteiger partial charge in [0.15, 0.2) is 23.1 Å². The molecule has 4 heterocycles. The van der Waals surface area contributed by atoms with Crippen molar-refractivity contribution in [1.29, 1.82) is 0 Å².